The second-order valence-corrected chi connectivity index (χ2v) is 6.02. The standard InChI is InChI=1S/C18H17ClN3O2.Y/c1-11-4-5-13(8-12(11)2)17-20-18(23)22(21-17)10-14-9-15(19)6-7-16(14)24-3;/h4-5,7-9H,10H2,1-3H3,(H,20,21,23);/q-1;. The minimum Gasteiger partial charge on any atom is -0.554 e. The number of aryl methyl sites for hydroxylation is 2. The second-order valence-electron chi connectivity index (χ2n) is 5.61. The van der Waals surface area contributed by atoms with Gasteiger partial charge in [-0.1, -0.05) is 22.7 Å². The van der Waals surface area contributed by atoms with Crippen LogP contribution in [0.3, 0.4) is 0 Å². The fourth-order valence-corrected chi connectivity index (χ4v) is 2.64. The zero-order valence-corrected chi connectivity index (χ0v) is 17.9. The molecule has 1 N–H and O–H groups in total. The van der Waals surface area contributed by atoms with E-state index >= 15 is 0 Å². The van der Waals surface area contributed by atoms with Crippen molar-refractivity contribution in [2.75, 3.05) is 7.11 Å². The molecule has 0 saturated heterocycles. The molecule has 0 fully saturated rings. The van der Waals surface area contributed by atoms with Crippen LogP contribution in [-0.4, -0.2) is 21.9 Å². The van der Waals surface area contributed by atoms with Crippen LogP contribution < -0.4 is 10.4 Å². The van der Waals surface area contributed by atoms with Crippen LogP contribution in [0.2, 0.25) is 5.02 Å². The summed E-state index contributed by atoms with van der Waals surface area (Å²) in [5.74, 6) is 1.15. The van der Waals surface area contributed by atoms with Gasteiger partial charge >= 0.3 is 5.69 Å². The topological polar surface area (TPSA) is 59.9 Å². The summed E-state index contributed by atoms with van der Waals surface area (Å²) in [6, 6.07) is 12.2. The zero-order valence-electron chi connectivity index (χ0n) is 14.3. The van der Waals surface area contributed by atoms with E-state index in [0.717, 1.165) is 16.7 Å². The molecule has 0 spiro atoms. The number of nitrogens with zero attached hydrogens (tertiary/aromatic N) is 2. The first kappa shape index (κ1) is 19.9. The van der Waals surface area contributed by atoms with Crippen molar-refractivity contribution in [2.45, 2.75) is 20.4 Å². The minimum atomic E-state index is -0.283. The van der Waals surface area contributed by atoms with Gasteiger partial charge in [-0.05, 0) is 31.0 Å². The molecule has 0 saturated carbocycles. The molecule has 25 heavy (non-hydrogen) atoms. The normalized spacial score (nSPS) is 10.4. The van der Waals surface area contributed by atoms with Gasteiger partial charge in [0, 0.05) is 44.0 Å². The Labute approximate surface area is 176 Å². The van der Waals surface area contributed by atoms with Crippen LogP contribution in [0.1, 0.15) is 16.7 Å². The van der Waals surface area contributed by atoms with Crippen LogP contribution in [0.4, 0.5) is 0 Å². The summed E-state index contributed by atoms with van der Waals surface area (Å²) in [6.07, 6.45) is 0. The van der Waals surface area contributed by atoms with Gasteiger partial charge in [0.05, 0.1) is 13.7 Å². The van der Waals surface area contributed by atoms with Crippen LogP contribution >= 0.6 is 11.6 Å². The molecule has 127 valence electrons. The third kappa shape index (κ3) is 4.41. The summed E-state index contributed by atoms with van der Waals surface area (Å²) in [5, 5.41) is 4.85. The van der Waals surface area contributed by atoms with Crippen LogP contribution in [0.15, 0.2) is 35.1 Å². The Bertz CT molecular complexity index is 950. The maximum atomic E-state index is 12.2. The van der Waals surface area contributed by atoms with Gasteiger partial charge in [-0.25, -0.2) is 9.48 Å². The Morgan fingerprint density at radius 1 is 1.28 bits per heavy atom. The number of halogens is 1. The fourth-order valence-electron chi connectivity index (χ4n) is 2.45. The molecule has 0 aliphatic carbocycles. The molecule has 0 unspecified atom stereocenters. The first-order chi connectivity index (χ1) is 11.5. The number of ether oxygens (including phenoxy) is 1. The molecule has 5 nitrogen and oxygen atoms in total. The predicted octanol–water partition coefficient (Wildman–Crippen LogP) is 3.36. The molecule has 1 radical (unpaired) electrons. The quantitative estimate of drug-likeness (QED) is 0.644. The Morgan fingerprint density at radius 2 is 2.04 bits per heavy atom. The van der Waals surface area contributed by atoms with E-state index < -0.39 is 0 Å². The Hall–Kier alpha value is -1.43. The van der Waals surface area contributed by atoms with Gasteiger partial charge in [0.2, 0.25) is 0 Å². The molecule has 3 rings (SSSR count). The molecule has 1 aromatic heterocycles. The number of H-pyrrole nitrogens is 1. The molecule has 0 bridgehead atoms. The van der Waals surface area contributed by atoms with Crippen molar-refractivity contribution in [2.24, 2.45) is 0 Å². The largest absolute Gasteiger partial charge is 0.554 e. The van der Waals surface area contributed by atoms with Crippen LogP contribution in [0, 0.1) is 19.9 Å². The van der Waals surface area contributed by atoms with Crippen molar-refractivity contribution in [3.8, 4) is 17.1 Å². The summed E-state index contributed by atoms with van der Waals surface area (Å²) in [4.78, 5) is 15.0. The van der Waals surface area contributed by atoms with Crippen LogP contribution in [-0.2, 0) is 39.3 Å². The monoisotopic (exact) mass is 431 g/mol. The SMILES string of the molecule is COc1c[c-]c(Cl)cc1Cn1nc(-c2ccc(C)c(C)c2)[nH]c1=O.[Y]. The zero-order chi connectivity index (χ0) is 17.3. The number of methoxy groups -OCH3 is 1. The van der Waals surface area contributed by atoms with E-state index in [1.807, 2.05) is 32.0 Å². The van der Waals surface area contributed by atoms with Gasteiger partial charge in [0.1, 0.15) is 0 Å². The van der Waals surface area contributed by atoms with Crippen molar-refractivity contribution in [1.29, 1.82) is 0 Å². The van der Waals surface area contributed by atoms with Crippen LogP contribution in [0.25, 0.3) is 11.4 Å². The summed E-state index contributed by atoms with van der Waals surface area (Å²) in [6.45, 7) is 4.34. The van der Waals surface area contributed by atoms with E-state index in [-0.39, 0.29) is 44.9 Å². The van der Waals surface area contributed by atoms with Crippen molar-refractivity contribution in [3.05, 3.63) is 68.6 Å². The van der Waals surface area contributed by atoms with Gasteiger partial charge in [-0.3, -0.25) is 4.98 Å². The number of hydrogen-bond acceptors (Lipinski definition) is 3. The average Bonchev–Trinajstić information content (AvgIpc) is 2.91. The van der Waals surface area contributed by atoms with E-state index in [0.29, 0.717) is 16.6 Å². The van der Waals surface area contributed by atoms with Crippen molar-refractivity contribution in [3.63, 3.8) is 0 Å². The first-order valence-electron chi connectivity index (χ1n) is 7.47. The molecule has 3 aromatic rings. The van der Waals surface area contributed by atoms with Gasteiger partial charge < -0.3 is 4.74 Å². The minimum absolute atomic E-state index is 0. The molecular formula is C18H17ClN3O2Y-. The molecule has 2 aromatic carbocycles. The molecule has 0 amide bonds. The number of aromatic amines is 1. The van der Waals surface area contributed by atoms with Gasteiger partial charge in [0.25, 0.3) is 0 Å². The van der Waals surface area contributed by atoms with Crippen molar-refractivity contribution in [1.82, 2.24) is 14.8 Å². The Morgan fingerprint density at radius 3 is 2.72 bits per heavy atom. The number of rotatable bonds is 4. The van der Waals surface area contributed by atoms with Gasteiger partial charge in [0.15, 0.2) is 5.82 Å². The van der Waals surface area contributed by atoms with Crippen LogP contribution in [0.5, 0.6) is 5.75 Å². The molecule has 7 heteroatoms. The Balaban J connectivity index is 0.00000225. The summed E-state index contributed by atoms with van der Waals surface area (Å²) in [7, 11) is 1.56. The number of nitrogens with one attached hydrogen (secondary N) is 1. The second kappa shape index (κ2) is 8.30. The summed E-state index contributed by atoms with van der Waals surface area (Å²) in [5.41, 5.74) is 3.70. The maximum Gasteiger partial charge on any atom is 0.343 e. The molecular weight excluding hydrogens is 415 g/mol. The Kier molecular flexibility index (Phi) is 6.61. The van der Waals surface area contributed by atoms with E-state index in [4.69, 9.17) is 16.3 Å². The third-order valence-electron chi connectivity index (χ3n) is 3.96. The first-order valence-corrected chi connectivity index (χ1v) is 7.84. The number of aromatic nitrogens is 3. The number of hydrogen-bond donors (Lipinski definition) is 1. The molecule has 1 heterocycles. The maximum absolute atomic E-state index is 12.2. The van der Waals surface area contributed by atoms with E-state index in [1.165, 1.54) is 10.2 Å². The van der Waals surface area contributed by atoms with E-state index in [9.17, 15) is 4.79 Å². The van der Waals surface area contributed by atoms with Crippen molar-refractivity contribution >= 4 is 11.6 Å². The van der Waals surface area contributed by atoms with Crippen molar-refractivity contribution < 1.29 is 37.4 Å². The predicted molar refractivity (Wildman–Crippen MR) is 93.7 cm³/mol. The van der Waals surface area contributed by atoms with Gasteiger partial charge in [-0.15, -0.1) is 28.8 Å². The number of benzene rings is 2. The van der Waals surface area contributed by atoms with Gasteiger partial charge in [-0.2, -0.15) is 6.07 Å². The smallest absolute Gasteiger partial charge is 0.343 e. The molecule has 0 aliphatic rings. The molecule has 0 aliphatic heterocycles. The van der Waals surface area contributed by atoms with E-state index in [2.05, 4.69) is 16.1 Å². The average molecular weight is 432 g/mol. The van der Waals surface area contributed by atoms with E-state index in [1.54, 1.807) is 19.2 Å². The fraction of sp³-hybridized carbons (Fsp3) is 0.222. The summed E-state index contributed by atoms with van der Waals surface area (Å²) < 4.78 is 6.65. The summed E-state index contributed by atoms with van der Waals surface area (Å²) >= 11 is 5.99. The third-order valence-corrected chi connectivity index (χ3v) is 4.18. The molecule has 0 atom stereocenters.